The van der Waals surface area contributed by atoms with E-state index >= 15 is 0 Å². The second kappa shape index (κ2) is 9.01. The predicted molar refractivity (Wildman–Crippen MR) is 96.5 cm³/mol. The Hall–Kier alpha value is -1.67. The molecule has 1 amide bonds. The summed E-state index contributed by atoms with van der Waals surface area (Å²) in [5, 5.41) is 3.38. The van der Waals surface area contributed by atoms with Gasteiger partial charge in [-0.1, -0.05) is 12.1 Å². The summed E-state index contributed by atoms with van der Waals surface area (Å²) < 4.78 is 47.2. The molecule has 1 aromatic carbocycles. The van der Waals surface area contributed by atoms with Crippen LogP contribution < -0.4 is 14.8 Å². The first kappa shape index (κ1) is 21.6. The molecule has 0 aliphatic carbocycles. The summed E-state index contributed by atoms with van der Waals surface area (Å²) in [7, 11) is 0. The minimum Gasteiger partial charge on any atom is -0.480 e. The van der Waals surface area contributed by atoms with E-state index in [1.54, 1.807) is 17.0 Å². The predicted octanol–water partition coefficient (Wildman–Crippen LogP) is 3.03. The van der Waals surface area contributed by atoms with Crippen molar-refractivity contribution < 1.29 is 27.4 Å². The topological polar surface area (TPSA) is 50.8 Å². The summed E-state index contributed by atoms with van der Waals surface area (Å²) >= 11 is 0. The van der Waals surface area contributed by atoms with Gasteiger partial charge in [-0.15, -0.1) is 12.4 Å². The van der Waals surface area contributed by atoms with Crippen molar-refractivity contribution >= 4 is 18.3 Å². The Morgan fingerprint density at radius 1 is 1.11 bits per heavy atom. The fourth-order valence-corrected chi connectivity index (χ4v) is 3.53. The van der Waals surface area contributed by atoms with Crippen LogP contribution in [-0.4, -0.2) is 56.4 Å². The van der Waals surface area contributed by atoms with Crippen LogP contribution in [0.4, 0.5) is 13.2 Å². The van der Waals surface area contributed by atoms with Gasteiger partial charge in [0.15, 0.2) is 24.7 Å². The third-order valence-corrected chi connectivity index (χ3v) is 5.10. The number of carbonyl (C=O) groups excluding carboxylic acids is 1. The maximum atomic E-state index is 12.4. The molecule has 2 saturated heterocycles. The van der Waals surface area contributed by atoms with Crippen LogP contribution in [-0.2, 0) is 4.79 Å². The lowest BCUT2D eigenvalue weighted by atomic mass is 9.78. The van der Waals surface area contributed by atoms with Gasteiger partial charge < -0.3 is 19.7 Å². The number of benzene rings is 1. The number of piperidine rings is 1. The van der Waals surface area contributed by atoms with Crippen molar-refractivity contribution in [3.05, 3.63) is 24.3 Å². The number of hydrogen-bond acceptors (Lipinski definition) is 4. The molecular weight excluding hydrogens is 385 g/mol. The van der Waals surface area contributed by atoms with Gasteiger partial charge >= 0.3 is 6.18 Å². The van der Waals surface area contributed by atoms with E-state index in [9.17, 15) is 18.0 Å². The summed E-state index contributed by atoms with van der Waals surface area (Å²) in [6.07, 6.45) is -1.34. The van der Waals surface area contributed by atoms with Crippen LogP contribution in [0.25, 0.3) is 0 Å². The molecule has 9 heteroatoms. The standard InChI is InChI=1S/C18H23F3N2O3.ClH/c19-18(20,21)13-26-15-4-2-1-3-14(15)25-11-16(24)23-9-6-17(7-10-23)5-8-22-12-17;/h1-4,22H,5-13H2;1H. The van der Waals surface area contributed by atoms with E-state index in [0.29, 0.717) is 18.5 Å². The molecule has 2 aliphatic rings. The van der Waals surface area contributed by atoms with E-state index in [-0.39, 0.29) is 36.4 Å². The number of para-hydroxylation sites is 2. The minimum absolute atomic E-state index is 0. The van der Waals surface area contributed by atoms with Crippen molar-refractivity contribution in [3.8, 4) is 11.5 Å². The Morgan fingerprint density at radius 2 is 1.74 bits per heavy atom. The molecule has 0 atom stereocenters. The fourth-order valence-electron chi connectivity index (χ4n) is 3.53. The van der Waals surface area contributed by atoms with Gasteiger partial charge in [-0.05, 0) is 43.4 Å². The first-order valence-corrected chi connectivity index (χ1v) is 8.77. The second-order valence-electron chi connectivity index (χ2n) is 6.95. The third-order valence-electron chi connectivity index (χ3n) is 5.10. The lowest BCUT2D eigenvalue weighted by Gasteiger charge is -2.38. The van der Waals surface area contributed by atoms with Crippen molar-refractivity contribution in [1.82, 2.24) is 10.2 Å². The largest absolute Gasteiger partial charge is 0.480 e. The Morgan fingerprint density at radius 3 is 2.30 bits per heavy atom. The highest BCUT2D eigenvalue weighted by Crippen LogP contribution is 2.37. The molecule has 1 spiro atoms. The maximum absolute atomic E-state index is 12.4. The molecule has 0 bridgehead atoms. The first-order valence-electron chi connectivity index (χ1n) is 8.77. The van der Waals surface area contributed by atoms with Crippen LogP contribution in [0, 0.1) is 5.41 Å². The van der Waals surface area contributed by atoms with Crippen molar-refractivity contribution in [2.75, 3.05) is 39.4 Å². The Kier molecular flexibility index (Phi) is 7.22. The summed E-state index contributed by atoms with van der Waals surface area (Å²) in [6.45, 7) is 1.81. The molecule has 0 aromatic heterocycles. The molecule has 2 fully saturated rings. The molecule has 152 valence electrons. The lowest BCUT2D eigenvalue weighted by Crippen LogP contribution is -2.45. The highest BCUT2D eigenvalue weighted by Gasteiger charge is 2.38. The zero-order chi connectivity index (χ0) is 18.6. The van der Waals surface area contributed by atoms with E-state index in [2.05, 4.69) is 5.32 Å². The zero-order valence-electron chi connectivity index (χ0n) is 14.9. The number of nitrogens with zero attached hydrogens (tertiary/aromatic N) is 1. The Balaban J connectivity index is 0.00000261. The van der Waals surface area contributed by atoms with Crippen LogP contribution >= 0.6 is 12.4 Å². The summed E-state index contributed by atoms with van der Waals surface area (Å²) in [6, 6.07) is 6.07. The maximum Gasteiger partial charge on any atom is 0.422 e. The zero-order valence-corrected chi connectivity index (χ0v) is 15.7. The van der Waals surface area contributed by atoms with Crippen LogP contribution in [0.2, 0.25) is 0 Å². The molecule has 5 nitrogen and oxygen atoms in total. The molecule has 0 unspecified atom stereocenters. The van der Waals surface area contributed by atoms with Gasteiger partial charge in [-0.2, -0.15) is 13.2 Å². The smallest absolute Gasteiger partial charge is 0.422 e. The monoisotopic (exact) mass is 408 g/mol. The number of carbonyl (C=O) groups is 1. The number of rotatable bonds is 5. The molecule has 1 aromatic rings. The van der Waals surface area contributed by atoms with Gasteiger partial charge in [0.1, 0.15) is 0 Å². The molecule has 27 heavy (non-hydrogen) atoms. The van der Waals surface area contributed by atoms with Crippen LogP contribution in [0.3, 0.4) is 0 Å². The van der Waals surface area contributed by atoms with E-state index in [1.807, 2.05) is 0 Å². The van der Waals surface area contributed by atoms with E-state index < -0.39 is 12.8 Å². The number of nitrogens with one attached hydrogen (secondary N) is 1. The minimum atomic E-state index is -4.43. The molecule has 0 saturated carbocycles. The third kappa shape index (κ3) is 5.90. The average molecular weight is 409 g/mol. The summed E-state index contributed by atoms with van der Waals surface area (Å²) in [4.78, 5) is 14.1. The molecule has 3 rings (SSSR count). The van der Waals surface area contributed by atoms with Crippen LogP contribution in [0.1, 0.15) is 19.3 Å². The van der Waals surface area contributed by atoms with Gasteiger partial charge in [0.25, 0.3) is 5.91 Å². The van der Waals surface area contributed by atoms with Crippen molar-refractivity contribution in [3.63, 3.8) is 0 Å². The quantitative estimate of drug-likeness (QED) is 0.813. The van der Waals surface area contributed by atoms with Crippen molar-refractivity contribution in [2.45, 2.75) is 25.4 Å². The van der Waals surface area contributed by atoms with Crippen LogP contribution in [0.5, 0.6) is 11.5 Å². The number of amides is 1. The number of alkyl halides is 3. The van der Waals surface area contributed by atoms with Crippen LogP contribution in [0.15, 0.2) is 24.3 Å². The average Bonchev–Trinajstić information content (AvgIpc) is 3.06. The molecule has 0 radical (unpaired) electrons. The summed E-state index contributed by atoms with van der Waals surface area (Å²) in [5.41, 5.74) is 0.315. The normalized spacial score (nSPS) is 18.9. The van der Waals surface area contributed by atoms with Crippen molar-refractivity contribution in [1.29, 1.82) is 0 Å². The molecule has 2 aliphatic heterocycles. The van der Waals surface area contributed by atoms with E-state index in [4.69, 9.17) is 9.47 Å². The van der Waals surface area contributed by atoms with Gasteiger partial charge in [-0.3, -0.25) is 4.79 Å². The lowest BCUT2D eigenvalue weighted by molar-refractivity contribution is -0.153. The summed E-state index contributed by atoms with van der Waals surface area (Å²) in [5.74, 6) is -0.0396. The number of hydrogen-bond donors (Lipinski definition) is 1. The van der Waals surface area contributed by atoms with E-state index in [0.717, 1.165) is 32.4 Å². The molecule has 1 N–H and O–H groups in total. The highest BCUT2D eigenvalue weighted by atomic mass is 35.5. The fraction of sp³-hybridized carbons (Fsp3) is 0.611. The number of ether oxygens (including phenoxy) is 2. The Labute approximate surface area is 162 Å². The van der Waals surface area contributed by atoms with Gasteiger partial charge in [0.2, 0.25) is 0 Å². The Bertz CT molecular complexity index is 627. The molecule has 2 heterocycles. The van der Waals surface area contributed by atoms with Gasteiger partial charge in [0, 0.05) is 19.6 Å². The highest BCUT2D eigenvalue weighted by molar-refractivity contribution is 5.85. The SMILES string of the molecule is Cl.O=C(COc1ccccc1OCC(F)(F)F)N1CCC2(CCNC2)CC1. The van der Waals surface area contributed by atoms with E-state index in [1.165, 1.54) is 12.1 Å². The molecular formula is C18H24ClF3N2O3. The second-order valence-corrected chi connectivity index (χ2v) is 6.95. The number of likely N-dealkylation sites (tertiary alicyclic amines) is 1. The number of halogens is 4. The first-order chi connectivity index (χ1) is 12.4. The van der Waals surface area contributed by atoms with Gasteiger partial charge in [-0.25, -0.2) is 0 Å². The van der Waals surface area contributed by atoms with Crippen molar-refractivity contribution in [2.24, 2.45) is 5.41 Å². The van der Waals surface area contributed by atoms with Gasteiger partial charge in [0.05, 0.1) is 0 Å².